The van der Waals surface area contributed by atoms with Gasteiger partial charge >= 0.3 is 0 Å². The van der Waals surface area contributed by atoms with E-state index in [-0.39, 0.29) is 18.4 Å². The van der Waals surface area contributed by atoms with Crippen LogP contribution in [0.15, 0.2) is 0 Å². The molecule has 1 aliphatic rings. The molecule has 0 aliphatic carbocycles. The summed E-state index contributed by atoms with van der Waals surface area (Å²) < 4.78 is 0. The Morgan fingerprint density at radius 2 is 1.83 bits per heavy atom. The molecule has 2 amide bonds. The minimum absolute atomic E-state index is 0.0493. The zero-order valence-electron chi connectivity index (χ0n) is 11.9. The first-order valence-corrected chi connectivity index (χ1v) is 7.05. The molecule has 0 aromatic rings. The van der Waals surface area contributed by atoms with Crippen molar-refractivity contribution in [2.75, 3.05) is 19.6 Å². The molecule has 1 saturated heterocycles. The monoisotopic (exact) mass is 254 g/mol. The fourth-order valence-electron chi connectivity index (χ4n) is 2.77. The van der Waals surface area contributed by atoms with Crippen molar-refractivity contribution in [1.82, 2.24) is 10.2 Å². The number of nitrogens with zero attached hydrogens (tertiary/aromatic N) is 1. The zero-order chi connectivity index (χ0) is 13.6. The molecule has 0 aromatic carbocycles. The Bertz CT molecular complexity index is 298. The van der Waals surface area contributed by atoms with Crippen LogP contribution in [0.1, 0.15) is 52.9 Å². The van der Waals surface area contributed by atoms with Gasteiger partial charge in [0, 0.05) is 20.0 Å². The SMILES string of the molecule is CCC1(CC)CCCN(C(=O)CNC(C)=O)CC1. The van der Waals surface area contributed by atoms with Crippen molar-refractivity contribution in [2.45, 2.75) is 52.9 Å². The van der Waals surface area contributed by atoms with Crippen LogP contribution in [0.2, 0.25) is 0 Å². The smallest absolute Gasteiger partial charge is 0.241 e. The second kappa shape index (κ2) is 6.76. The highest BCUT2D eigenvalue weighted by atomic mass is 16.2. The topological polar surface area (TPSA) is 49.4 Å². The predicted molar refractivity (Wildman–Crippen MR) is 72.1 cm³/mol. The van der Waals surface area contributed by atoms with Crippen LogP contribution in [-0.4, -0.2) is 36.3 Å². The molecule has 1 heterocycles. The summed E-state index contributed by atoms with van der Waals surface area (Å²) in [5, 5.41) is 2.58. The highest BCUT2D eigenvalue weighted by Crippen LogP contribution is 2.37. The number of amides is 2. The van der Waals surface area contributed by atoms with Gasteiger partial charge in [-0.05, 0) is 24.7 Å². The molecule has 0 saturated carbocycles. The van der Waals surface area contributed by atoms with Gasteiger partial charge < -0.3 is 10.2 Å². The van der Waals surface area contributed by atoms with Crippen LogP contribution in [0.4, 0.5) is 0 Å². The van der Waals surface area contributed by atoms with E-state index in [0.29, 0.717) is 5.41 Å². The molecule has 0 bridgehead atoms. The number of likely N-dealkylation sites (tertiary alicyclic amines) is 1. The minimum Gasteiger partial charge on any atom is -0.347 e. The maximum absolute atomic E-state index is 12.0. The van der Waals surface area contributed by atoms with Crippen molar-refractivity contribution in [2.24, 2.45) is 5.41 Å². The molecular weight excluding hydrogens is 228 g/mol. The summed E-state index contributed by atoms with van der Waals surface area (Å²) in [6.07, 6.45) is 5.76. The van der Waals surface area contributed by atoms with E-state index in [1.807, 2.05) is 4.90 Å². The Balaban J connectivity index is 2.51. The summed E-state index contributed by atoms with van der Waals surface area (Å²) in [4.78, 5) is 24.7. The lowest BCUT2D eigenvalue weighted by molar-refractivity contribution is -0.132. The van der Waals surface area contributed by atoms with Crippen molar-refractivity contribution < 1.29 is 9.59 Å². The molecule has 4 heteroatoms. The first-order chi connectivity index (χ1) is 8.53. The van der Waals surface area contributed by atoms with Crippen molar-refractivity contribution in [3.05, 3.63) is 0 Å². The average molecular weight is 254 g/mol. The summed E-state index contributed by atoms with van der Waals surface area (Å²) in [6.45, 7) is 7.74. The lowest BCUT2D eigenvalue weighted by Gasteiger charge is -2.30. The number of hydrogen-bond donors (Lipinski definition) is 1. The van der Waals surface area contributed by atoms with Gasteiger partial charge in [0.05, 0.1) is 6.54 Å². The van der Waals surface area contributed by atoms with E-state index in [1.165, 1.54) is 26.2 Å². The number of hydrogen-bond acceptors (Lipinski definition) is 2. The molecule has 18 heavy (non-hydrogen) atoms. The van der Waals surface area contributed by atoms with Crippen molar-refractivity contribution in [1.29, 1.82) is 0 Å². The number of rotatable bonds is 4. The number of carbonyl (C=O) groups is 2. The minimum atomic E-state index is -0.144. The van der Waals surface area contributed by atoms with Crippen LogP contribution < -0.4 is 5.32 Å². The largest absolute Gasteiger partial charge is 0.347 e. The van der Waals surface area contributed by atoms with Crippen LogP contribution >= 0.6 is 0 Å². The summed E-state index contributed by atoms with van der Waals surface area (Å²) in [6, 6.07) is 0. The molecular formula is C14H26N2O2. The Hall–Kier alpha value is -1.06. The normalized spacial score (nSPS) is 19.2. The van der Waals surface area contributed by atoms with Gasteiger partial charge in [-0.25, -0.2) is 0 Å². The lowest BCUT2D eigenvalue weighted by atomic mass is 9.76. The molecule has 0 aromatic heterocycles. The highest BCUT2D eigenvalue weighted by Gasteiger charge is 2.30. The second-order valence-corrected chi connectivity index (χ2v) is 5.35. The molecule has 1 N–H and O–H groups in total. The average Bonchev–Trinajstić information content (AvgIpc) is 2.59. The molecule has 1 rings (SSSR count). The Kier molecular flexibility index (Phi) is 5.63. The molecule has 104 valence electrons. The molecule has 4 nitrogen and oxygen atoms in total. The van der Waals surface area contributed by atoms with Gasteiger partial charge in [0.15, 0.2) is 0 Å². The lowest BCUT2D eigenvalue weighted by Crippen LogP contribution is -2.40. The first kappa shape index (κ1) is 15.0. The van der Waals surface area contributed by atoms with E-state index in [0.717, 1.165) is 25.9 Å². The van der Waals surface area contributed by atoms with Crippen molar-refractivity contribution in [3.63, 3.8) is 0 Å². The maximum Gasteiger partial charge on any atom is 0.241 e. The van der Waals surface area contributed by atoms with E-state index in [9.17, 15) is 9.59 Å². The third kappa shape index (κ3) is 4.00. The van der Waals surface area contributed by atoms with E-state index in [1.54, 1.807) is 0 Å². The zero-order valence-corrected chi connectivity index (χ0v) is 11.9. The maximum atomic E-state index is 12.0. The number of carbonyl (C=O) groups excluding carboxylic acids is 2. The van der Waals surface area contributed by atoms with Crippen LogP contribution in [0.25, 0.3) is 0 Å². The van der Waals surface area contributed by atoms with Gasteiger partial charge in [-0.3, -0.25) is 9.59 Å². The Morgan fingerprint density at radius 1 is 1.17 bits per heavy atom. The van der Waals surface area contributed by atoms with Gasteiger partial charge in [0.2, 0.25) is 11.8 Å². The Morgan fingerprint density at radius 3 is 2.39 bits per heavy atom. The van der Waals surface area contributed by atoms with Crippen LogP contribution in [0.5, 0.6) is 0 Å². The number of nitrogens with one attached hydrogen (secondary N) is 1. The van der Waals surface area contributed by atoms with E-state index in [2.05, 4.69) is 19.2 Å². The van der Waals surface area contributed by atoms with Crippen LogP contribution in [0.3, 0.4) is 0 Å². The van der Waals surface area contributed by atoms with Gasteiger partial charge in [0.1, 0.15) is 0 Å². The molecule has 0 spiro atoms. The van der Waals surface area contributed by atoms with Crippen LogP contribution in [0, 0.1) is 5.41 Å². The van der Waals surface area contributed by atoms with Gasteiger partial charge in [0.25, 0.3) is 0 Å². The quantitative estimate of drug-likeness (QED) is 0.833. The van der Waals surface area contributed by atoms with E-state index < -0.39 is 0 Å². The van der Waals surface area contributed by atoms with E-state index in [4.69, 9.17) is 0 Å². The summed E-state index contributed by atoms with van der Waals surface area (Å²) in [5.74, 6) is -0.0946. The first-order valence-electron chi connectivity index (χ1n) is 7.05. The van der Waals surface area contributed by atoms with E-state index >= 15 is 0 Å². The van der Waals surface area contributed by atoms with Gasteiger partial charge in [-0.2, -0.15) is 0 Å². The van der Waals surface area contributed by atoms with Crippen LogP contribution in [-0.2, 0) is 9.59 Å². The summed E-state index contributed by atoms with van der Waals surface area (Å²) in [7, 11) is 0. The van der Waals surface area contributed by atoms with Gasteiger partial charge in [-0.15, -0.1) is 0 Å². The molecule has 0 atom stereocenters. The molecule has 0 radical (unpaired) electrons. The Labute approximate surface area is 110 Å². The second-order valence-electron chi connectivity index (χ2n) is 5.35. The third-order valence-corrected chi connectivity index (χ3v) is 4.39. The summed E-state index contributed by atoms with van der Waals surface area (Å²) >= 11 is 0. The van der Waals surface area contributed by atoms with Crippen molar-refractivity contribution >= 4 is 11.8 Å². The fraction of sp³-hybridized carbons (Fsp3) is 0.857. The molecule has 1 aliphatic heterocycles. The molecule has 0 unspecified atom stereocenters. The van der Waals surface area contributed by atoms with Crippen molar-refractivity contribution in [3.8, 4) is 0 Å². The third-order valence-electron chi connectivity index (χ3n) is 4.39. The fourth-order valence-corrected chi connectivity index (χ4v) is 2.77. The van der Waals surface area contributed by atoms with Gasteiger partial charge in [-0.1, -0.05) is 26.7 Å². The predicted octanol–water partition coefficient (Wildman–Crippen LogP) is 1.94. The standard InChI is InChI=1S/C14H26N2O2/c1-4-14(5-2)7-6-9-16(10-8-14)13(18)11-15-12(3)17/h4-11H2,1-3H3,(H,15,17). The molecule has 1 fully saturated rings. The summed E-state index contributed by atoms with van der Waals surface area (Å²) in [5.41, 5.74) is 0.420. The highest BCUT2D eigenvalue weighted by molar-refractivity contribution is 5.83.